The first-order valence-corrected chi connectivity index (χ1v) is 11.8. The number of imide groups is 1. The van der Waals surface area contributed by atoms with E-state index in [-0.39, 0.29) is 24.3 Å². The number of nitrogens with zero attached hydrogens (tertiary/aromatic N) is 3. The third kappa shape index (κ3) is 3.79. The molecule has 3 aromatic rings. The maximum absolute atomic E-state index is 13.2. The van der Waals surface area contributed by atoms with Gasteiger partial charge in [-0.3, -0.25) is 14.5 Å². The van der Waals surface area contributed by atoms with Crippen molar-refractivity contribution in [1.29, 1.82) is 0 Å². The third-order valence-corrected chi connectivity index (χ3v) is 7.44. The van der Waals surface area contributed by atoms with E-state index < -0.39 is 0 Å². The minimum absolute atomic E-state index is 0.0884. The predicted molar refractivity (Wildman–Crippen MR) is 125 cm³/mol. The van der Waals surface area contributed by atoms with Gasteiger partial charge >= 0.3 is 0 Å². The molecule has 2 aliphatic rings. The molecule has 5 rings (SSSR count). The highest BCUT2D eigenvalue weighted by Crippen LogP contribution is 2.34. The zero-order valence-corrected chi connectivity index (χ0v) is 19.0. The summed E-state index contributed by atoms with van der Waals surface area (Å²) >= 11 is 1.66. The first-order chi connectivity index (χ1) is 14.9. The molecule has 2 fully saturated rings. The van der Waals surface area contributed by atoms with Gasteiger partial charge in [0.15, 0.2) is 0 Å². The van der Waals surface area contributed by atoms with Crippen molar-refractivity contribution < 1.29 is 9.59 Å². The molecule has 0 unspecified atom stereocenters. The first-order valence-electron chi connectivity index (χ1n) is 11.0. The van der Waals surface area contributed by atoms with Crippen molar-refractivity contribution in [2.75, 3.05) is 18.0 Å². The van der Waals surface area contributed by atoms with Crippen molar-refractivity contribution in [2.45, 2.75) is 39.7 Å². The van der Waals surface area contributed by atoms with Gasteiger partial charge in [-0.15, -0.1) is 11.3 Å². The average molecular weight is 434 g/mol. The summed E-state index contributed by atoms with van der Waals surface area (Å²) in [5.74, 6) is 0.911. The Hall–Kier alpha value is -2.57. The number of benzene rings is 2. The fraction of sp³-hybridized carbons (Fsp3) is 0.400. The summed E-state index contributed by atoms with van der Waals surface area (Å²) in [4.78, 5) is 34.3. The number of carbonyl (C=O) groups excluding carboxylic acids is 2. The van der Waals surface area contributed by atoms with E-state index in [0.717, 1.165) is 33.9 Å². The number of amides is 2. The number of anilines is 1. The molecule has 0 radical (unpaired) electrons. The molecule has 160 valence electrons. The Morgan fingerprint density at radius 2 is 1.71 bits per heavy atom. The maximum atomic E-state index is 13.2. The fourth-order valence-electron chi connectivity index (χ4n) is 5.05. The monoisotopic (exact) mass is 433 g/mol. The van der Waals surface area contributed by atoms with Crippen LogP contribution in [0.5, 0.6) is 0 Å². The van der Waals surface area contributed by atoms with Crippen molar-refractivity contribution in [3.63, 3.8) is 0 Å². The molecule has 1 aromatic heterocycles. The Bertz CT molecular complexity index is 1140. The van der Waals surface area contributed by atoms with Crippen molar-refractivity contribution in [2.24, 2.45) is 11.8 Å². The Morgan fingerprint density at radius 1 is 1.00 bits per heavy atom. The summed E-state index contributed by atoms with van der Waals surface area (Å²) in [5, 5.41) is 0.945. The van der Waals surface area contributed by atoms with E-state index in [4.69, 9.17) is 4.98 Å². The standard InChI is InChI=1S/C25H27N3O2S/c1-15-4-9-20-22(11-15)31-24(26-20)18-5-7-19(8-6-18)28-23(29)12-21(25(28)30)27-13-16(2)10-17(3)14-27/h4-9,11,16-17,21H,10,12-14H2,1-3H3/t16-,17-,21+/m1/s1. The van der Waals surface area contributed by atoms with Crippen LogP contribution in [-0.4, -0.2) is 40.8 Å². The van der Waals surface area contributed by atoms with Gasteiger partial charge in [0.1, 0.15) is 5.01 Å². The zero-order chi connectivity index (χ0) is 21.7. The predicted octanol–water partition coefficient (Wildman–Crippen LogP) is 4.88. The number of thiazole rings is 1. The number of rotatable bonds is 3. The minimum atomic E-state index is -0.329. The van der Waals surface area contributed by atoms with Gasteiger partial charge in [0, 0.05) is 18.7 Å². The smallest absolute Gasteiger partial charge is 0.251 e. The summed E-state index contributed by atoms with van der Waals surface area (Å²) in [7, 11) is 0. The summed E-state index contributed by atoms with van der Waals surface area (Å²) in [6.07, 6.45) is 1.46. The second-order valence-corrected chi connectivity index (χ2v) is 10.3. The number of likely N-dealkylation sites (tertiary alicyclic amines) is 1. The van der Waals surface area contributed by atoms with Crippen LogP contribution >= 0.6 is 11.3 Å². The van der Waals surface area contributed by atoms with Crippen molar-refractivity contribution in [1.82, 2.24) is 9.88 Å². The lowest BCUT2D eigenvalue weighted by Gasteiger charge is -2.37. The minimum Gasteiger partial charge on any atom is -0.291 e. The van der Waals surface area contributed by atoms with Gasteiger partial charge in [0.05, 0.1) is 28.4 Å². The molecule has 0 aliphatic carbocycles. The van der Waals surface area contributed by atoms with Crippen LogP contribution in [0.3, 0.4) is 0 Å². The van der Waals surface area contributed by atoms with E-state index in [1.807, 2.05) is 30.3 Å². The van der Waals surface area contributed by atoms with Crippen LogP contribution in [0.4, 0.5) is 5.69 Å². The molecule has 0 bridgehead atoms. The Morgan fingerprint density at radius 3 is 2.42 bits per heavy atom. The number of hydrogen-bond acceptors (Lipinski definition) is 5. The van der Waals surface area contributed by atoms with Gasteiger partial charge in [-0.05, 0) is 67.1 Å². The van der Waals surface area contributed by atoms with E-state index in [1.165, 1.54) is 16.9 Å². The molecule has 2 aliphatic heterocycles. The second-order valence-electron chi connectivity index (χ2n) is 9.22. The number of piperidine rings is 1. The van der Waals surface area contributed by atoms with Gasteiger partial charge in [0.25, 0.3) is 5.91 Å². The Labute approximate surface area is 186 Å². The van der Waals surface area contributed by atoms with E-state index in [2.05, 4.69) is 37.8 Å². The number of hydrogen-bond donors (Lipinski definition) is 0. The topological polar surface area (TPSA) is 53.5 Å². The SMILES string of the molecule is Cc1ccc2nc(-c3ccc(N4C(=O)C[C@H](N5C[C@H](C)C[C@@H](C)C5)C4=O)cc3)sc2c1. The van der Waals surface area contributed by atoms with E-state index in [0.29, 0.717) is 17.5 Å². The Kier molecular flexibility index (Phi) is 5.15. The molecule has 0 N–H and O–H groups in total. The van der Waals surface area contributed by atoms with Crippen LogP contribution in [-0.2, 0) is 9.59 Å². The van der Waals surface area contributed by atoms with Crippen molar-refractivity contribution in [3.05, 3.63) is 48.0 Å². The highest BCUT2D eigenvalue weighted by Gasteiger charge is 2.44. The maximum Gasteiger partial charge on any atom is 0.251 e. The molecular weight excluding hydrogens is 406 g/mol. The Balaban J connectivity index is 1.37. The van der Waals surface area contributed by atoms with E-state index >= 15 is 0 Å². The molecule has 3 heterocycles. The van der Waals surface area contributed by atoms with Crippen LogP contribution in [0.25, 0.3) is 20.8 Å². The number of carbonyl (C=O) groups is 2. The highest BCUT2D eigenvalue weighted by atomic mass is 32.1. The van der Waals surface area contributed by atoms with Crippen LogP contribution in [0.2, 0.25) is 0 Å². The lowest BCUT2D eigenvalue weighted by Crippen LogP contribution is -2.48. The average Bonchev–Trinajstić information content (AvgIpc) is 3.27. The zero-order valence-electron chi connectivity index (χ0n) is 18.2. The van der Waals surface area contributed by atoms with Crippen molar-refractivity contribution >= 4 is 39.1 Å². The quantitative estimate of drug-likeness (QED) is 0.553. The van der Waals surface area contributed by atoms with E-state index in [9.17, 15) is 9.59 Å². The number of fused-ring (bicyclic) bond motifs is 1. The summed E-state index contributed by atoms with van der Waals surface area (Å²) < 4.78 is 1.16. The number of aryl methyl sites for hydroxylation is 1. The molecule has 6 heteroatoms. The third-order valence-electron chi connectivity index (χ3n) is 6.38. The summed E-state index contributed by atoms with van der Waals surface area (Å²) in [5.41, 5.74) is 3.86. The van der Waals surface area contributed by atoms with Gasteiger partial charge < -0.3 is 0 Å². The highest BCUT2D eigenvalue weighted by molar-refractivity contribution is 7.21. The summed E-state index contributed by atoms with van der Waals surface area (Å²) in [6, 6.07) is 13.6. The molecule has 3 atom stereocenters. The van der Waals surface area contributed by atoms with Gasteiger partial charge in [0.2, 0.25) is 5.91 Å². The molecule has 0 spiro atoms. The first kappa shape index (κ1) is 20.3. The van der Waals surface area contributed by atoms with Crippen LogP contribution < -0.4 is 4.90 Å². The van der Waals surface area contributed by atoms with Crippen molar-refractivity contribution in [3.8, 4) is 10.6 Å². The van der Waals surface area contributed by atoms with E-state index in [1.54, 1.807) is 11.3 Å². The molecule has 31 heavy (non-hydrogen) atoms. The molecule has 2 saturated heterocycles. The molecule has 0 saturated carbocycles. The lowest BCUT2D eigenvalue weighted by molar-refractivity contribution is -0.123. The normalized spacial score (nSPS) is 25.0. The van der Waals surface area contributed by atoms with Gasteiger partial charge in [-0.1, -0.05) is 19.9 Å². The fourth-order valence-corrected chi connectivity index (χ4v) is 6.12. The van der Waals surface area contributed by atoms with Crippen LogP contribution in [0, 0.1) is 18.8 Å². The van der Waals surface area contributed by atoms with Crippen LogP contribution in [0.15, 0.2) is 42.5 Å². The number of aromatic nitrogens is 1. The second kappa shape index (κ2) is 7.84. The molecular formula is C25H27N3O2S. The van der Waals surface area contributed by atoms with Crippen LogP contribution in [0.1, 0.15) is 32.3 Å². The molecule has 2 aromatic carbocycles. The largest absolute Gasteiger partial charge is 0.291 e. The summed E-state index contributed by atoms with van der Waals surface area (Å²) in [6.45, 7) is 8.31. The molecule has 5 nitrogen and oxygen atoms in total. The lowest BCUT2D eigenvalue weighted by atomic mass is 9.90. The van der Waals surface area contributed by atoms with Gasteiger partial charge in [-0.25, -0.2) is 9.88 Å². The molecule has 2 amide bonds. The van der Waals surface area contributed by atoms with Gasteiger partial charge in [-0.2, -0.15) is 0 Å².